The average molecular weight is 499 g/mol. The normalized spacial score (nSPS) is 28.1. The van der Waals surface area contributed by atoms with E-state index in [0.29, 0.717) is 34.3 Å². The molecule has 0 spiro atoms. The molecular formula is C24H23ClN4O4S. The standard InChI is InChI=1S/C24H23ClN4O4S/c25-19-10-9-18(34-19)21(30)26-17-2-1-11-27-20(17)23(32)29(24(27)33)15-7-5-14(6-8-15)28-16-4-3-13(12-16)22(28)31/h5-10,13,16-17,20H,1-4,11-12H2,(H,26,30)/t13?,16?,17-,20+/m1/s1. The van der Waals surface area contributed by atoms with Crippen molar-refractivity contribution in [1.82, 2.24) is 10.2 Å². The van der Waals surface area contributed by atoms with E-state index in [1.54, 1.807) is 29.2 Å². The van der Waals surface area contributed by atoms with Gasteiger partial charge in [-0.25, -0.2) is 9.69 Å². The number of nitrogens with zero attached hydrogens (tertiary/aromatic N) is 3. The van der Waals surface area contributed by atoms with Crippen LogP contribution in [0.4, 0.5) is 16.2 Å². The summed E-state index contributed by atoms with van der Waals surface area (Å²) in [5.41, 5.74) is 1.28. The highest BCUT2D eigenvalue weighted by Gasteiger charge is 2.51. The maximum atomic E-state index is 13.4. The van der Waals surface area contributed by atoms with E-state index in [9.17, 15) is 19.2 Å². The lowest BCUT2D eigenvalue weighted by Gasteiger charge is -2.34. The van der Waals surface area contributed by atoms with Crippen molar-refractivity contribution in [3.63, 3.8) is 0 Å². The number of amides is 5. The molecule has 2 aromatic rings. The SMILES string of the molecule is O=C(N[C@@H]1CCCN2C(=O)N(c3ccc(N4C(=O)C5CCC4C5)cc3)C(=O)[C@H]12)c1ccc(Cl)s1. The number of halogens is 1. The topological polar surface area (TPSA) is 90.0 Å². The van der Waals surface area contributed by atoms with Gasteiger partial charge < -0.3 is 15.1 Å². The Kier molecular flexibility index (Phi) is 5.14. The first-order valence-corrected chi connectivity index (χ1v) is 12.8. The largest absolute Gasteiger partial charge is 0.346 e. The third-order valence-corrected chi connectivity index (χ3v) is 8.63. The molecular weight excluding hydrogens is 476 g/mol. The van der Waals surface area contributed by atoms with Crippen molar-refractivity contribution in [1.29, 1.82) is 0 Å². The van der Waals surface area contributed by atoms with Crippen LogP contribution in [0.3, 0.4) is 0 Å². The van der Waals surface area contributed by atoms with Crippen LogP contribution < -0.4 is 15.1 Å². The van der Waals surface area contributed by atoms with Crippen LogP contribution in [0.1, 0.15) is 41.8 Å². The number of hydrogen-bond acceptors (Lipinski definition) is 5. The number of anilines is 2. The molecule has 1 aromatic carbocycles. The summed E-state index contributed by atoms with van der Waals surface area (Å²) >= 11 is 7.12. The van der Waals surface area contributed by atoms with E-state index in [1.807, 2.05) is 17.0 Å². The fourth-order valence-corrected chi connectivity index (χ4v) is 6.78. The van der Waals surface area contributed by atoms with Crippen LogP contribution in [0.2, 0.25) is 4.34 Å². The van der Waals surface area contributed by atoms with Crippen molar-refractivity contribution in [3.05, 3.63) is 45.6 Å². The van der Waals surface area contributed by atoms with Gasteiger partial charge in [0.05, 0.1) is 20.9 Å². The minimum atomic E-state index is -0.740. The van der Waals surface area contributed by atoms with Crippen LogP contribution >= 0.6 is 22.9 Å². The zero-order valence-corrected chi connectivity index (χ0v) is 19.8. The van der Waals surface area contributed by atoms with Gasteiger partial charge in [0, 0.05) is 24.2 Å². The van der Waals surface area contributed by atoms with E-state index in [-0.39, 0.29) is 35.7 Å². The van der Waals surface area contributed by atoms with E-state index in [0.717, 1.165) is 24.9 Å². The Hall–Kier alpha value is -2.91. The van der Waals surface area contributed by atoms with E-state index in [1.165, 1.54) is 16.2 Å². The van der Waals surface area contributed by atoms with Crippen LogP contribution in [-0.4, -0.2) is 53.3 Å². The number of carbonyl (C=O) groups is 4. The zero-order valence-electron chi connectivity index (χ0n) is 18.3. The summed E-state index contributed by atoms with van der Waals surface area (Å²) in [6.07, 6.45) is 4.19. The van der Waals surface area contributed by atoms with Crippen molar-refractivity contribution in [2.75, 3.05) is 16.3 Å². The number of rotatable bonds is 4. The van der Waals surface area contributed by atoms with Gasteiger partial charge in [-0.3, -0.25) is 14.4 Å². The average Bonchev–Trinajstić information content (AvgIpc) is 3.59. The van der Waals surface area contributed by atoms with Crippen LogP contribution in [0.5, 0.6) is 0 Å². The molecule has 4 fully saturated rings. The van der Waals surface area contributed by atoms with Gasteiger partial charge in [0.25, 0.3) is 11.8 Å². The lowest BCUT2D eigenvalue weighted by molar-refractivity contribution is -0.121. The van der Waals surface area contributed by atoms with Gasteiger partial charge in [0.1, 0.15) is 6.04 Å². The molecule has 2 bridgehead atoms. The molecule has 2 unspecified atom stereocenters. The van der Waals surface area contributed by atoms with Crippen molar-refractivity contribution < 1.29 is 19.2 Å². The summed E-state index contributed by atoms with van der Waals surface area (Å²) in [6.45, 7) is 0.465. The molecule has 6 rings (SSSR count). The first kappa shape index (κ1) is 21.6. The number of piperidine rings is 2. The fourth-order valence-electron chi connectivity index (χ4n) is 5.83. The maximum absolute atomic E-state index is 13.4. The minimum absolute atomic E-state index is 0.125. The van der Waals surface area contributed by atoms with Crippen LogP contribution in [-0.2, 0) is 9.59 Å². The van der Waals surface area contributed by atoms with Gasteiger partial charge in [-0.15, -0.1) is 11.3 Å². The fraction of sp³-hybridized carbons (Fsp3) is 0.417. The number of thiophene rings is 1. The summed E-state index contributed by atoms with van der Waals surface area (Å²) in [5, 5.41) is 2.94. The summed E-state index contributed by atoms with van der Waals surface area (Å²) in [6, 6.07) is 9.04. The second kappa shape index (κ2) is 8.09. The molecule has 5 amide bonds. The predicted molar refractivity (Wildman–Crippen MR) is 128 cm³/mol. The molecule has 8 nitrogen and oxygen atoms in total. The number of fused-ring (bicyclic) bond motifs is 3. The van der Waals surface area contributed by atoms with Gasteiger partial charge >= 0.3 is 6.03 Å². The molecule has 10 heteroatoms. The van der Waals surface area contributed by atoms with Gasteiger partial charge in [0.15, 0.2) is 0 Å². The highest BCUT2D eigenvalue weighted by Crippen LogP contribution is 2.42. The molecule has 1 aromatic heterocycles. The minimum Gasteiger partial charge on any atom is -0.346 e. The lowest BCUT2D eigenvalue weighted by Crippen LogP contribution is -2.55. The molecule has 4 aliphatic rings. The predicted octanol–water partition coefficient (Wildman–Crippen LogP) is 3.65. The number of nitrogens with one attached hydrogen (secondary N) is 1. The second-order valence-electron chi connectivity index (χ2n) is 9.31. The molecule has 3 saturated heterocycles. The number of carbonyl (C=O) groups excluding carboxylic acids is 4. The number of imide groups is 1. The second-order valence-corrected chi connectivity index (χ2v) is 11.0. The number of hydrogen-bond donors (Lipinski definition) is 1. The Balaban J connectivity index is 1.22. The van der Waals surface area contributed by atoms with Crippen molar-refractivity contribution in [2.45, 2.75) is 50.2 Å². The van der Waals surface area contributed by atoms with Crippen molar-refractivity contribution in [2.24, 2.45) is 5.92 Å². The zero-order chi connectivity index (χ0) is 23.6. The van der Waals surface area contributed by atoms with Crippen molar-refractivity contribution in [3.8, 4) is 0 Å². The molecule has 4 atom stereocenters. The van der Waals surface area contributed by atoms with Crippen LogP contribution in [0, 0.1) is 5.92 Å². The van der Waals surface area contributed by atoms with Gasteiger partial charge in [-0.1, -0.05) is 11.6 Å². The smallest absolute Gasteiger partial charge is 0.332 e. The molecule has 176 valence electrons. The Morgan fingerprint density at radius 3 is 2.41 bits per heavy atom. The van der Waals surface area contributed by atoms with E-state index < -0.39 is 12.1 Å². The molecule has 4 heterocycles. The third-order valence-electron chi connectivity index (χ3n) is 7.40. The molecule has 0 radical (unpaired) electrons. The molecule has 1 saturated carbocycles. The monoisotopic (exact) mass is 498 g/mol. The summed E-state index contributed by atoms with van der Waals surface area (Å²) in [5.74, 6) is -0.348. The summed E-state index contributed by atoms with van der Waals surface area (Å²) < 4.78 is 0.514. The summed E-state index contributed by atoms with van der Waals surface area (Å²) in [4.78, 5) is 56.9. The third kappa shape index (κ3) is 3.32. The quantitative estimate of drug-likeness (QED) is 0.651. The Labute approximate surface area is 205 Å². The Morgan fingerprint density at radius 1 is 0.971 bits per heavy atom. The van der Waals surface area contributed by atoms with Crippen molar-refractivity contribution >= 4 is 58.1 Å². The Morgan fingerprint density at radius 2 is 1.74 bits per heavy atom. The van der Waals surface area contributed by atoms with E-state index in [4.69, 9.17) is 11.6 Å². The molecule has 34 heavy (non-hydrogen) atoms. The lowest BCUT2D eigenvalue weighted by atomic mass is 9.96. The number of urea groups is 1. The first-order valence-electron chi connectivity index (χ1n) is 11.6. The van der Waals surface area contributed by atoms with E-state index in [2.05, 4.69) is 5.32 Å². The molecule has 3 aliphatic heterocycles. The Bertz CT molecular complexity index is 1200. The molecule has 1 N–H and O–H groups in total. The molecule has 1 aliphatic carbocycles. The van der Waals surface area contributed by atoms with Gasteiger partial charge in [0.2, 0.25) is 5.91 Å². The number of benzene rings is 1. The first-order chi connectivity index (χ1) is 16.4. The van der Waals surface area contributed by atoms with Crippen LogP contribution in [0.15, 0.2) is 36.4 Å². The van der Waals surface area contributed by atoms with Gasteiger partial charge in [-0.2, -0.15) is 0 Å². The maximum Gasteiger partial charge on any atom is 0.332 e. The van der Waals surface area contributed by atoms with E-state index >= 15 is 0 Å². The van der Waals surface area contributed by atoms with Gasteiger partial charge in [-0.05, 0) is 68.5 Å². The highest BCUT2D eigenvalue weighted by molar-refractivity contribution is 7.18. The van der Waals surface area contributed by atoms with Crippen LogP contribution in [0.25, 0.3) is 0 Å². The highest BCUT2D eigenvalue weighted by atomic mass is 35.5. The summed E-state index contributed by atoms with van der Waals surface area (Å²) in [7, 11) is 0.